The summed E-state index contributed by atoms with van der Waals surface area (Å²) in [5, 5.41) is 1.91. The average Bonchev–Trinajstić information content (AvgIpc) is 2.59. The number of H-pyrrole nitrogens is 1. The number of aromatic nitrogens is 2. The molecule has 2 aromatic heterocycles. The molecule has 2 nitrogen and oxygen atoms in total. The van der Waals surface area contributed by atoms with Gasteiger partial charge in [0.15, 0.2) is 0 Å². The summed E-state index contributed by atoms with van der Waals surface area (Å²) in [4.78, 5) is 6.99. The van der Waals surface area contributed by atoms with Crippen molar-refractivity contribution in [3.63, 3.8) is 0 Å². The Bertz CT molecular complexity index is 613. The first-order valence-corrected chi connectivity index (χ1v) is 4.36. The second kappa shape index (κ2) is 2.54. The number of benzene rings is 1. The summed E-state index contributed by atoms with van der Waals surface area (Å²) >= 11 is 0. The number of para-hydroxylation sites is 1. The van der Waals surface area contributed by atoms with Crippen molar-refractivity contribution in [2.75, 3.05) is 0 Å². The van der Waals surface area contributed by atoms with E-state index in [2.05, 4.69) is 9.97 Å². The summed E-state index contributed by atoms with van der Waals surface area (Å²) in [7, 11) is 0. The first-order valence-electron chi connectivity index (χ1n) is 4.36. The molecule has 0 saturated carbocycles. The van der Waals surface area contributed by atoms with Gasteiger partial charge in [0, 0.05) is 17.0 Å². The van der Waals surface area contributed by atoms with Crippen LogP contribution >= 0.6 is 0 Å². The summed E-state index contributed by atoms with van der Waals surface area (Å²) in [6, 6.07) is 6.95. The van der Waals surface area contributed by atoms with E-state index in [1.165, 1.54) is 6.07 Å². The lowest BCUT2D eigenvalue weighted by atomic mass is 10.2. The molecular formula is C11H7FN2. The average molecular weight is 186 g/mol. The van der Waals surface area contributed by atoms with Crippen LogP contribution in [0.25, 0.3) is 21.8 Å². The maximum Gasteiger partial charge on any atom is 0.147 e. The second-order valence-corrected chi connectivity index (χ2v) is 3.21. The van der Waals surface area contributed by atoms with E-state index < -0.39 is 0 Å². The van der Waals surface area contributed by atoms with Gasteiger partial charge in [-0.2, -0.15) is 0 Å². The van der Waals surface area contributed by atoms with Crippen LogP contribution in [0.1, 0.15) is 0 Å². The fraction of sp³-hybridized carbons (Fsp3) is 0. The highest BCUT2D eigenvalue weighted by Gasteiger charge is 2.06. The maximum atomic E-state index is 13.4. The lowest BCUT2D eigenvalue weighted by Crippen LogP contribution is -1.74. The Kier molecular flexibility index (Phi) is 1.36. The van der Waals surface area contributed by atoms with Crippen molar-refractivity contribution in [2.45, 2.75) is 0 Å². The molecule has 3 rings (SSSR count). The third-order valence-electron chi connectivity index (χ3n) is 2.38. The Balaban J connectivity index is 2.63. The molecule has 0 unspecified atom stereocenters. The van der Waals surface area contributed by atoms with Gasteiger partial charge >= 0.3 is 0 Å². The summed E-state index contributed by atoms with van der Waals surface area (Å²) in [6.45, 7) is 0. The van der Waals surface area contributed by atoms with Crippen molar-refractivity contribution in [2.24, 2.45) is 0 Å². The van der Waals surface area contributed by atoms with Gasteiger partial charge in [-0.05, 0) is 12.1 Å². The molecule has 0 spiro atoms. The zero-order valence-electron chi connectivity index (χ0n) is 7.29. The van der Waals surface area contributed by atoms with E-state index in [1.54, 1.807) is 18.5 Å². The van der Waals surface area contributed by atoms with Crippen LogP contribution in [0.3, 0.4) is 0 Å². The monoisotopic (exact) mass is 186 g/mol. The third-order valence-corrected chi connectivity index (χ3v) is 2.38. The van der Waals surface area contributed by atoms with E-state index in [0.29, 0.717) is 5.52 Å². The van der Waals surface area contributed by atoms with Crippen molar-refractivity contribution >= 4 is 21.8 Å². The molecule has 3 heteroatoms. The molecule has 0 aliphatic carbocycles. The molecule has 2 heterocycles. The van der Waals surface area contributed by atoms with E-state index in [9.17, 15) is 4.39 Å². The molecule has 0 radical (unpaired) electrons. The number of hydrogen-bond acceptors (Lipinski definition) is 1. The smallest absolute Gasteiger partial charge is 0.147 e. The molecule has 68 valence electrons. The molecule has 1 N–H and O–H groups in total. The molecule has 0 amide bonds. The highest BCUT2D eigenvalue weighted by atomic mass is 19.1. The highest BCUT2D eigenvalue weighted by Crippen LogP contribution is 2.25. The quantitative estimate of drug-likeness (QED) is 0.574. The summed E-state index contributed by atoms with van der Waals surface area (Å²) in [5.41, 5.74) is 1.42. The fourth-order valence-electron chi connectivity index (χ4n) is 1.74. The minimum Gasteiger partial charge on any atom is -0.351 e. The molecule has 1 aromatic carbocycles. The molecule has 0 aliphatic heterocycles. The van der Waals surface area contributed by atoms with E-state index in [-0.39, 0.29) is 5.82 Å². The number of aromatic amines is 1. The molecule has 0 aliphatic rings. The Labute approximate surface area is 79.4 Å². The van der Waals surface area contributed by atoms with Crippen LogP contribution in [-0.2, 0) is 0 Å². The molecule has 0 saturated heterocycles. The Morgan fingerprint density at radius 1 is 1.14 bits per heavy atom. The normalized spacial score (nSPS) is 11.2. The first kappa shape index (κ1) is 7.50. The highest BCUT2D eigenvalue weighted by molar-refractivity contribution is 6.06. The van der Waals surface area contributed by atoms with Crippen LogP contribution < -0.4 is 0 Å². The van der Waals surface area contributed by atoms with Gasteiger partial charge in [-0.1, -0.05) is 12.1 Å². The van der Waals surface area contributed by atoms with E-state index in [1.807, 2.05) is 12.1 Å². The van der Waals surface area contributed by atoms with Crippen molar-refractivity contribution in [3.8, 4) is 0 Å². The molecular weight excluding hydrogens is 179 g/mol. The number of hydrogen-bond donors (Lipinski definition) is 1. The zero-order valence-corrected chi connectivity index (χ0v) is 7.29. The number of rotatable bonds is 0. The Morgan fingerprint density at radius 3 is 3.00 bits per heavy atom. The van der Waals surface area contributed by atoms with Gasteiger partial charge in [-0.15, -0.1) is 0 Å². The van der Waals surface area contributed by atoms with Crippen LogP contribution in [-0.4, -0.2) is 9.97 Å². The van der Waals surface area contributed by atoms with Gasteiger partial charge in [0.25, 0.3) is 0 Å². The van der Waals surface area contributed by atoms with Gasteiger partial charge in [0.05, 0.1) is 17.2 Å². The van der Waals surface area contributed by atoms with E-state index >= 15 is 0 Å². The van der Waals surface area contributed by atoms with Crippen LogP contribution in [0.2, 0.25) is 0 Å². The van der Waals surface area contributed by atoms with Crippen LogP contribution in [0, 0.1) is 5.82 Å². The standard InChI is InChI=1S/C11H7FN2/c12-9-3-1-2-8-7-4-5-13-6-10(7)14-11(8)9/h1-6,14H. The third kappa shape index (κ3) is 0.865. The zero-order chi connectivity index (χ0) is 9.54. The predicted molar refractivity (Wildman–Crippen MR) is 53.6 cm³/mol. The van der Waals surface area contributed by atoms with Crippen LogP contribution in [0.5, 0.6) is 0 Å². The van der Waals surface area contributed by atoms with Gasteiger partial charge < -0.3 is 4.98 Å². The Hall–Kier alpha value is -1.90. The van der Waals surface area contributed by atoms with Crippen LogP contribution in [0.4, 0.5) is 4.39 Å². The van der Waals surface area contributed by atoms with Crippen molar-refractivity contribution in [3.05, 3.63) is 42.5 Å². The first-order chi connectivity index (χ1) is 6.86. The molecule has 0 fully saturated rings. The number of pyridine rings is 1. The van der Waals surface area contributed by atoms with E-state index in [4.69, 9.17) is 0 Å². The molecule has 0 bridgehead atoms. The van der Waals surface area contributed by atoms with Crippen LogP contribution in [0.15, 0.2) is 36.7 Å². The Morgan fingerprint density at radius 2 is 2.07 bits per heavy atom. The molecule has 14 heavy (non-hydrogen) atoms. The second-order valence-electron chi connectivity index (χ2n) is 3.21. The van der Waals surface area contributed by atoms with Crippen molar-refractivity contribution in [1.82, 2.24) is 9.97 Å². The lowest BCUT2D eigenvalue weighted by Gasteiger charge is -1.90. The molecule has 3 aromatic rings. The van der Waals surface area contributed by atoms with Gasteiger partial charge in [0.1, 0.15) is 5.82 Å². The molecule has 0 atom stereocenters. The topological polar surface area (TPSA) is 28.7 Å². The fourth-order valence-corrected chi connectivity index (χ4v) is 1.74. The minimum absolute atomic E-state index is 0.223. The van der Waals surface area contributed by atoms with Crippen molar-refractivity contribution < 1.29 is 4.39 Å². The predicted octanol–water partition coefficient (Wildman–Crippen LogP) is 2.86. The number of nitrogens with zero attached hydrogens (tertiary/aromatic N) is 1. The summed E-state index contributed by atoms with van der Waals surface area (Å²) < 4.78 is 13.4. The van der Waals surface area contributed by atoms with Crippen molar-refractivity contribution in [1.29, 1.82) is 0 Å². The number of fused-ring (bicyclic) bond motifs is 3. The SMILES string of the molecule is Fc1cccc2c1[nH]c1cnccc12. The van der Waals surface area contributed by atoms with Gasteiger partial charge in [-0.3, -0.25) is 4.98 Å². The van der Waals surface area contributed by atoms with Gasteiger partial charge in [-0.25, -0.2) is 4.39 Å². The summed E-state index contributed by atoms with van der Waals surface area (Å²) in [5.74, 6) is -0.223. The van der Waals surface area contributed by atoms with Gasteiger partial charge in [0.2, 0.25) is 0 Å². The minimum atomic E-state index is -0.223. The number of halogens is 1. The lowest BCUT2D eigenvalue weighted by molar-refractivity contribution is 0.637. The summed E-state index contributed by atoms with van der Waals surface area (Å²) in [6.07, 6.45) is 3.41. The largest absolute Gasteiger partial charge is 0.351 e. The van der Waals surface area contributed by atoms with E-state index in [0.717, 1.165) is 16.3 Å². The number of nitrogens with one attached hydrogen (secondary N) is 1. The maximum absolute atomic E-state index is 13.4.